The average Bonchev–Trinajstić information content (AvgIpc) is 2.54. The number of carbonyl (C=O) groups excluding carboxylic acids is 1. The number of amides is 1. The van der Waals surface area contributed by atoms with Gasteiger partial charge in [0.1, 0.15) is 4.60 Å². The molecule has 0 aliphatic rings. The molecule has 1 aromatic carbocycles. The molecule has 4 nitrogen and oxygen atoms in total. The summed E-state index contributed by atoms with van der Waals surface area (Å²) in [4.78, 5) is 11.1. The van der Waals surface area contributed by atoms with Gasteiger partial charge in [0.25, 0.3) is 0 Å². The number of aryl methyl sites for hydroxylation is 1. The third-order valence-corrected chi connectivity index (χ3v) is 2.85. The van der Waals surface area contributed by atoms with Crippen LogP contribution in [-0.4, -0.2) is 15.7 Å². The summed E-state index contributed by atoms with van der Waals surface area (Å²) >= 11 is 3.37. The first-order valence-corrected chi connectivity index (χ1v) is 5.47. The Morgan fingerprint density at radius 3 is 3.06 bits per heavy atom. The molecule has 2 aromatic rings. The predicted octanol–water partition coefficient (Wildman–Crippen LogP) is 2.46. The zero-order valence-corrected chi connectivity index (χ0v) is 10.3. The van der Waals surface area contributed by atoms with Crippen LogP contribution in [-0.2, 0) is 11.8 Å². The lowest BCUT2D eigenvalue weighted by Gasteiger charge is -2.02. The Morgan fingerprint density at radius 2 is 2.38 bits per heavy atom. The number of halogens is 1. The van der Waals surface area contributed by atoms with E-state index in [9.17, 15) is 4.79 Å². The molecule has 1 heterocycles. The third kappa shape index (κ3) is 1.86. The van der Waals surface area contributed by atoms with Crippen LogP contribution < -0.4 is 5.32 Å². The Labute approximate surface area is 101 Å². The van der Waals surface area contributed by atoms with Gasteiger partial charge in [-0.2, -0.15) is 5.10 Å². The number of carbonyl (C=O) groups is 1. The van der Waals surface area contributed by atoms with Gasteiger partial charge in [0, 0.05) is 18.1 Å². The molecule has 0 aliphatic heterocycles. The van der Waals surface area contributed by atoms with Crippen LogP contribution in [0.3, 0.4) is 0 Å². The lowest BCUT2D eigenvalue weighted by molar-refractivity contribution is -0.111. The minimum Gasteiger partial charge on any atom is -0.322 e. The fraction of sp³-hybridized carbons (Fsp3) is 0.0909. The predicted molar refractivity (Wildman–Crippen MR) is 67.2 cm³/mol. The fourth-order valence-electron chi connectivity index (χ4n) is 1.48. The maximum Gasteiger partial charge on any atom is 0.247 e. The summed E-state index contributed by atoms with van der Waals surface area (Å²) in [6.07, 6.45) is 1.24. The lowest BCUT2D eigenvalue weighted by atomic mass is 10.2. The Balaban J connectivity index is 2.47. The molecule has 0 saturated carbocycles. The molecule has 0 saturated heterocycles. The van der Waals surface area contributed by atoms with Gasteiger partial charge in [-0.3, -0.25) is 9.48 Å². The number of rotatable bonds is 2. The Bertz CT molecular complexity index is 574. The first-order chi connectivity index (χ1) is 7.61. The summed E-state index contributed by atoms with van der Waals surface area (Å²) in [5.74, 6) is -0.222. The van der Waals surface area contributed by atoms with Crippen molar-refractivity contribution in [1.29, 1.82) is 0 Å². The zero-order chi connectivity index (χ0) is 11.7. The highest BCUT2D eigenvalue weighted by atomic mass is 79.9. The third-order valence-electron chi connectivity index (χ3n) is 2.26. The summed E-state index contributed by atoms with van der Waals surface area (Å²) in [5, 5.41) is 7.95. The van der Waals surface area contributed by atoms with Crippen LogP contribution in [0, 0.1) is 0 Å². The molecule has 0 unspecified atom stereocenters. The van der Waals surface area contributed by atoms with Crippen molar-refractivity contribution in [2.75, 3.05) is 5.32 Å². The number of nitrogens with zero attached hydrogens (tertiary/aromatic N) is 2. The molecule has 0 radical (unpaired) electrons. The number of hydrogen-bond acceptors (Lipinski definition) is 2. The van der Waals surface area contributed by atoms with Crippen molar-refractivity contribution in [3.8, 4) is 0 Å². The molecule has 1 N–H and O–H groups in total. The van der Waals surface area contributed by atoms with Crippen molar-refractivity contribution in [1.82, 2.24) is 9.78 Å². The second kappa shape index (κ2) is 4.09. The quantitative estimate of drug-likeness (QED) is 0.859. The highest BCUT2D eigenvalue weighted by Crippen LogP contribution is 2.25. The molecule has 0 fully saturated rings. The fourth-order valence-corrected chi connectivity index (χ4v) is 2.06. The van der Waals surface area contributed by atoms with Gasteiger partial charge in [-0.25, -0.2) is 0 Å². The Kier molecular flexibility index (Phi) is 2.78. The van der Waals surface area contributed by atoms with Gasteiger partial charge in [-0.1, -0.05) is 6.58 Å². The number of benzene rings is 1. The van der Waals surface area contributed by atoms with Gasteiger partial charge in [-0.05, 0) is 40.2 Å². The molecular formula is C11H10BrN3O. The SMILES string of the molecule is C=CC(=O)Nc1ccc2c(Br)nn(C)c2c1. The number of hydrogen-bond donors (Lipinski definition) is 1. The maximum absolute atomic E-state index is 11.1. The molecule has 82 valence electrons. The first kappa shape index (κ1) is 10.9. The molecule has 0 bridgehead atoms. The summed E-state index contributed by atoms with van der Waals surface area (Å²) in [6, 6.07) is 5.61. The van der Waals surface area contributed by atoms with E-state index in [1.54, 1.807) is 4.68 Å². The molecular weight excluding hydrogens is 270 g/mol. The Hall–Kier alpha value is -1.62. The molecule has 0 spiro atoms. The minimum absolute atomic E-state index is 0.222. The lowest BCUT2D eigenvalue weighted by Crippen LogP contribution is -2.07. The van der Waals surface area contributed by atoms with Crippen LogP contribution in [0.5, 0.6) is 0 Å². The Morgan fingerprint density at radius 1 is 1.62 bits per heavy atom. The van der Waals surface area contributed by atoms with E-state index in [0.717, 1.165) is 21.2 Å². The second-order valence-electron chi connectivity index (χ2n) is 3.34. The van der Waals surface area contributed by atoms with Crippen molar-refractivity contribution in [2.24, 2.45) is 7.05 Å². The van der Waals surface area contributed by atoms with Crippen LogP contribution in [0.1, 0.15) is 0 Å². The summed E-state index contributed by atoms with van der Waals surface area (Å²) in [7, 11) is 1.85. The van der Waals surface area contributed by atoms with Crippen LogP contribution in [0.15, 0.2) is 35.5 Å². The average molecular weight is 280 g/mol. The van der Waals surface area contributed by atoms with Gasteiger partial charge in [-0.15, -0.1) is 0 Å². The molecule has 16 heavy (non-hydrogen) atoms. The van der Waals surface area contributed by atoms with Gasteiger partial charge < -0.3 is 5.32 Å². The van der Waals surface area contributed by atoms with Gasteiger partial charge >= 0.3 is 0 Å². The second-order valence-corrected chi connectivity index (χ2v) is 4.09. The highest BCUT2D eigenvalue weighted by molar-refractivity contribution is 9.10. The van der Waals surface area contributed by atoms with E-state index < -0.39 is 0 Å². The van der Waals surface area contributed by atoms with E-state index >= 15 is 0 Å². The van der Waals surface area contributed by atoms with Gasteiger partial charge in [0.2, 0.25) is 5.91 Å². The van der Waals surface area contributed by atoms with Crippen LogP contribution in [0.25, 0.3) is 10.9 Å². The number of anilines is 1. The van der Waals surface area contributed by atoms with Crippen LogP contribution in [0.4, 0.5) is 5.69 Å². The van der Waals surface area contributed by atoms with E-state index in [0.29, 0.717) is 0 Å². The molecule has 1 aromatic heterocycles. The van der Waals surface area contributed by atoms with Gasteiger partial charge in [0.15, 0.2) is 0 Å². The largest absolute Gasteiger partial charge is 0.322 e. The van der Waals surface area contributed by atoms with Crippen molar-refractivity contribution >= 4 is 38.4 Å². The zero-order valence-electron chi connectivity index (χ0n) is 8.70. The van der Waals surface area contributed by atoms with E-state index in [2.05, 4.69) is 32.9 Å². The maximum atomic E-state index is 11.1. The van der Waals surface area contributed by atoms with Crippen LogP contribution in [0.2, 0.25) is 0 Å². The highest BCUT2D eigenvalue weighted by Gasteiger charge is 2.07. The van der Waals surface area contributed by atoms with E-state index in [1.807, 2.05) is 25.2 Å². The van der Waals surface area contributed by atoms with Crippen LogP contribution >= 0.6 is 15.9 Å². The molecule has 5 heteroatoms. The molecule has 0 atom stereocenters. The van der Waals surface area contributed by atoms with Gasteiger partial charge in [0.05, 0.1) is 5.52 Å². The smallest absolute Gasteiger partial charge is 0.247 e. The monoisotopic (exact) mass is 279 g/mol. The summed E-state index contributed by atoms with van der Waals surface area (Å²) in [5.41, 5.74) is 1.68. The van der Waals surface area contributed by atoms with E-state index in [-0.39, 0.29) is 5.91 Å². The normalized spacial score (nSPS) is 10.4. The topological polar surface area (TPSA) is 46.9 Å². The van der Waals surface area contributed by atoms with Crippen molar-refractivity contribution < 1.29 is 4.79 Å². The number of nitrogens with one attached hydrogen (secondary N) is 1. The first-order valence-electron chi connectivity index (χ1n) is 4.67. The standard InChI is InChI=1S/C11H10BrN3O/c1-3-10(16)13-7-4-5-8-9(6-7)15(2)14-11(8)12/h3-6H,1H2,2H3,(H,13,16). The summed E-state index contributed by atoms with van der Waals surface area (Å²) in [6.45, 7) is 3.40. The van der Waals surface area contributed by atoms with E-state index in [4.69, 9.17) is 0 Å². The van der Waals surface area contributed by atoms with Crippen molar-refractivity contribution in [2.45, 2.75) is 0 Å². The van der Waals surface area contributed by atoms with Crippen molar-refractivity contribution in [3.05, 3.63) is 35.5 Å². The number of aromatic nitrogens is 2. The van der Waals surface area contributed by atoms with Crippen molar-refractivity contribution in [3.63, 3.8) is 0 Å². The molecule has 2 rings (SSSR count). The minimum atomic E-state index is -0.222. The molecule has 1 amide bonds. The molecule has 0 aliphatic carbocycles. The number of fused-ring (bicyclic) bond motifs is 1. The van der Waals surface area contributed by atoms with E-state index in [1.165, 1.54) is 6.08 Å². The summed E-state index contributed by atoms with van der Waals surface area (Å²) < 4.78 is 2.55.